The Kier molecular flexibility index (Phi) is 4.87. The number of ether oxygens (including phenoxy) is 1. The van der Waals surface area contributed by atoms with Crippen LogP contribution in [0.15, 0.2) is 24.3 Å². The van der Waals surface area contributed by atoms with Crippen molar-refractivity contribution < 1.29 is 4.74 Å². The van der Waals surface area contributed by atoms with Crippen LogP contribution < -0.4 is 10.1 Å². The highest BCUT2D eigenvalue weighted by molar-refractivity contribution is 5.30. The van der Waals surface area contributed by atoms with Crippen molar-refractivity contribution in [2.24, 2.45) is 5.41 Å². The second kappa shape index (κ2) is 6.42. The second-order valence-electron chi connectivity index (χ2n) is 5.69. The van der Waals surface area contributed by atoms with E-state index in [4.69, 9.17) is 4.74 Å². The maximum atomic E-state index is 5.27. The minimum atomic E-state index is 0.449. The van der Waals surface area contributed by atoms with Gasteiger partial charge in [-0.2, -0.15) is 0 Å². The zero-order valence-corrected chi connectivity index (χ0v) is 12.5. The monoisotopic (exact) mass is 261 g/mol. The number of hydrogen-bond donors (Lipinski definition) is 1. The highest BCUT2D eigenvalue weighted by atomic mass is 16.5. The zero-order chi connectivity index (χ0) is 13.7. The summed E-state index contributed by atoms with van der Waals surface area (Å²) in [7, 11) is 1.72. The van der Waals surface area contributed by atoms with Crippen LogP contribution in [0.5, 0.6) is 5.75 Å². The predicted molar refractivity (Wildman–Crippen MR) is 80.6 cm³/mol. The van der Waals surface area contributed by atoms with Crippen molar-refractivity contribution in [2.75, 3.05) is 13.7 Å². The van der Waals surface area contributed by atoms with Gasteiger partial charge in [-0.05, 0) is 48.9 Å². The van der Waals surface area contributed by atoms with Crippen molar-refractivity contribution in [3.63, 3.8) is 0 Å². The van der Waals surface area contributed by atoms with Crippen LogP contribution in [0.25, 0.3) is 0 Å². The molecule has 1 saturated carbocycles. The van der Waals surface area contributed by atoms with E-state index < -0.39 is 0 Å². The molecule has 1 atom stereocenters. The van der Waals surface area contributed by atoms with Gasteiger partial charge in [-0.3, -0.25) is 0 Å². The number of nitrogens with one attached hydrogen (secondary N) is 1. The van der Waals surface area contributed by atoms with E-state index in [-0.39, 0.29) is 0 Å². The van der Waals surface area contributed by atoms with Crippen molar-refractivity contribution in [1.82, 2.24) is 5.32 Å². The lowest BCUT2D eigenvalue weighted by Gasteiger charge is -2.38. The minimum absolute atomic E-state index is 0.449. The third kappa shape index (κ3) is 2.94. The topological polar surface area (TPSA) is 21.3 Å². The molecule has 2 nitrogen and oxygen atoms in total. The third-order valence-corrected chi connectivity index (χ3v) is 4.77. The van der Waals surface area contributed by atoms with Gasteiger partial charge in [0.2, 0.25) is 0 Å². The molecule has 106 valence electrons. The van der Waals surface area contributed by atoms with E-state index in [2.05, 4.69) is 43.4 Å². The first-order valence-electron chi connectivity index (χ1n) is 7.63. The Labute approximate surface area is 117 Å². The first kappa shape index (κ1) is 14.4. The molecule has 1 aromatic carbocycles. The van der Waals surface area contributed by atoms with Crippen LogP contribution in [0.1, 0.15) is 57.6 Å². The van der Waals surface area contributed by atoms with Gasteiger partial charge in [-0.15, -0.1) is 0 Å². The molecule has 0 saturated heterocycles. The van der Waals surface area contributed by atoms with Crippen LogP contribution in [-0.2, 0) is 0 Å². The van der Waals surface area contributed by atoms with Crippen LogP contribution in [0.4, 0.5) is 0 Å². The summed E-state index contributed by atoms with van der Waals surface area (Å²) in [4.78, 5) is 0. The maximum absolute atomic E-state index is 5.27. The van der Waals surface area contributed by atoms with E-state index in [1.165, 1.54) is 37.7 Å². The molecular weight excluding hydrogens is 234 g/mol. The summed E-state index contributed by atoms with van der Waals surface area (Å²) in [5.41, 5.74) is 1.86. The number of methoxy groups -OCH3 is 1. The molecule has 1 aliphatic rings. The fourth-order valence-corrected chi connectivity index (χ4v) is 3.61. The molecule has 1 aliphatic carbocycles. The Balaban J connectivity index is 2.27. The summed E-state index contributed by atoms with van der Waals surface area (Å²) >= 11 is 0. The molecule has 1 N–H and O–H groups in total. The van der Waals surface area contributed by atoms with Gasteiger partial charge in [-0.25, -0.2) is 0 Å². The second-order valence-corrected chi connectivity index (χ2v) is 5.69. The highest BCUT2D eigenvalue weighted by Gasteiger charge is 2.39. The quantitative estimate of drug-likeness (QED) is 0.823. The standard InChI is InChI=1S/C17H27NO/c1-4-17(12-6-7-13-17)16(18-5-2)14-8-10-15(19-3)11-9-14/h8-11,16,18H,4-7,12-13H2,1-3H3. The van der Waals surface area contributed by atoms with Crippen LogP contribution in [0.3, 0.4) is 0 Å². The molecule has 19 heavy (non-hydrogen) atoms. The average Bonchev–Trinajstić information content (AvgIpc) is 2.95. The Morgan fingerprint density at radius 3 is 2.26 bits per heavy atom. The molecule has 0 spiro atoms. The summed E-state index contributed by atoms with van der Waals surface area (Å²) < 4.78 is 5.27. The highest BCUT2D eigenvalue weighted by Crippen LogP contribution is 2.50. The molecule has 0 radical (unpaired) electrons. The van der Waals surface area contributed by atoms with Crippen LogP contribution >= 0.6 is 0 Å². The Morgan fingerprint density at radius 2 is 1.79 bits per heavy atom. The van der Waals surface area contributed by atoms with Crippen molar-refractivity contribution in [2.45, 2.75) is 52.0 Å². The van der Waals surface area contributed by atoms with E-state index in [1.54, 1.807) is 7.11 Å². The average molecular weight is 261 g/mol. The molecule has 0 aromatic heterocycles. The van der Waals surface area contributed by atoms with Crippen molar-refractivity contribution in [3.05, 3.63) is 29.8 Å². The fourth-order valence-electron chi connectivity index (χ4n) is 3.61. The first-order chi connectivity index (χ1) is 9.25. The molecule has 0 amide bonds. The lowest BCUT2D eigenvalue weighted by atomic mass is 9.73. The molecule has 2 heteroatoms. The number of hydrogen-bond acceptors (Lipinski definition) is 2. The molecule has 1 aromatic rings. The van der Waals surface area contributed by atoms with E-state index in [9.17, 15) is 0 Å². The SMILES string of the molecule is CCNC(c1ccc(OC)cc1)C1(CC)CCCC1. The summed E-state index contributed by atoms with van der Waals surface area (Å²) in [6.07, 6.45) is 6.73. The van der Waals surface area contributed by atoms with Crippen molar-refractivity contribution >= 4 is 0 Å². The van der Waals surface area contributed by atoms with Gasteiger partial charge in [0.1, 0.15) is 5.75 Å². The lowest BCUT2D eigenvalue weighted by molar-refractivity contribution is 0.189. The molecule has 1 fully saturated rings. The smallest absolute Gasteiger partial charge is 0.118 e. The molecular formula is C17H27NO. The summed E-state index contributed by atoms with van der Waals surface area (Å²) in [6.45, 7) is 5.58. The van der Waals surface area contributed by atoms with E-state index in [0.717, 1.165) is 12.3 Å². The van der Waals surface area contributed by atoms with Gasteiger partial charge in [0.05, 0.1) is 7.11 Å². The van der Waals surface area contributed by atoms with Crippen molar-refractivity contribution in [1.29, 1.82) is 0 Å². The zero-order valence-electron chi connectivity index (χ0n) is 12.5. The van der Waals surface area contributed by atoms with Gasteiger partial charge >= 0.3 is 0 Å². The molecule has 0 heterocycles. The molecule has 0 aliphatic heterocycles. The van der Waals surface area contributed by atoms with Gasteiger partial charge in [0.15, 0.2) is 0 Å². The normalized spacial score (nSPS) is 19.3. The fraction of sp³-hybridized carbons (Fsp3) is 0.647. The number of rotatable bonds is 6. The summed E-state index contributed by atoms with van der Waals surface area (Å²) in [6, 6.07) is 9.09. The predicted octanol–water partition coefficient (Wildman–Crippen LogP) is 4.32. The van der Waals surface area contributed by atoms with Gasteiger partial charge < -0.3 is 10.1 Å². The lowest BCUT2D eigenvalue weighted by Crippen LogP contribution is -2.36. The largest absolute Gasteiger partial charge is 0.497 e. The van der Waals surface area contributed by atoms with Crippen LogP contribution in [0.2, 0.25) is 0 Å². The number of benzene rings is 1. The van der Waals surface area contributed by atoms with Crippen molar-refractivity contribution in [3.8, 4) is 5.75 Å². The van der Waals surface area contributed by atoms with E-state index in [0.29, 0.717) is 11.5 Å². The summed E-state index contributed by atoms with van der Waals surface area (Å²) in [5, 5.41) is 3.73. The molecule has 1 unspecified atom stereocenters. The first-order valence-corrected chi connectivity index (χ1v) is 7.63. The van der Waals surface area contributed by atoms with Crippen LogP contribution in [0, 0.1) is 5.41 Å². The maximum Gasteiger partial charge on any atom is 0.118 e. The molecule has 0 bridgehead atoms. The summed E-state index contributed by atoms with van der Waals surface area (Å²) in [5.74, 6) is 0.941. The van der Waals surface area contributed by atoms with Gasteiger partial charge in [-0.1, -0.05) is 38.8 Å². The van der Waals surface area contributed by atoms with E-state index >= 15 is 0 Å². The minimum Gasteiger partial charge on any atom is -0.497 e. The third-order valence-electron chi connectivity index (χ3n) is 4.77. The Hall–Kier alpha value is -1.02. The van der Waals surface area contributed by atoms with Crippen LogP contribution in [-0.4, -0.2) is 13.7 Å². The van der Waals surface area contributed by atoms with Gasteiger partial charge in [0, 0.05) is 6.04 Å². The Bertz CT molecular complexity index is 379. The molecule has 2 rings (SSSR count). The van der Waals surface area contributed by atoms with E-state index in [1.807, 2.05) is 0 Å². The Morgan fingerprint density at radius 1 is 1.16 bits per heavy atom. The van der Waals surface area contributed by atoms with Gasteiger partial charge in [0.25, 0.3) is 0 Å².